The first kappa shape index (κ1) is 18.6. The van der Waals surface area contributed by atoms with E-state index in [2.05, 4.69) is 27.8 Å². The minimum atomic E-state index is 0.419. The van der Waals surface area contributed by atoms with Crippen molar-refractivity contribution in [2.24, 2.45) is 10.4 Å². The molecule has 0 amide bonds. The van der Waals surface area contributed by atoms with E-state index in [1.807, 2.05) is 26.1 Å². The lowest BCUT2D eigenvalue weighted by Gasteiger charge is -2.18. The summed E-state index contributed by atoms with van der Waals surface area (Å²) in [7, 11) is 3.51. The number of nitrogens with zero attached hydrogens (tertiary/aromatic N) is 1. The average Bonchev–Trinajstić information content (AvgIpc) is 3.39. The van der Waals surface area contributed by atoms with E-state index in [1.165, 1.54) is 18.4 Å². The first-order valence-electron chi connectivity index (χ1n) is 8.86. The van der Waals surface area contributed by atoms with Crippen LogP contribution in [-0.2, 0) is 11.2 Å². The Kier molecular flexibility index (Phi) is 7.37. The van der Waals surface area contributed by atoms with Crippen LogP contribution >= 0.6 is 0 Å². The Morgan fingerprint density at radius 3 is 2.54 bits per heavy atom. The van der Waals surface area contributed by atoms with Crippen molar-refractivity contribution in [3.8, 4) is 5.75 Å². The summed E-state index contributed by atoms with van der Waals surface area (Å²) < 4.78 is 10.7. The van der Waals surface area contributed by atoms with E-state index in [0.29, 0.717) is 5.41 Å². The maximum absolute atomic E-state index is 5.49. The van der Waals surface area contributed by atoms with Crippen molar-refractivity contribution in [3.05, 3.63) is 29.8 Å². The summed E-state index contributed by atoms with van der Waals surface area (Å²) >= 11 is 0. The fourth-order valence-corrected chi connectivity index (χ4v) is 2.73. The summed E-state index contributed by atoms with van der Waals surface area (Å²) in [6, 6.07) is 8.20. The summed E-state index contributed by atoms with van der Waals surface area (Å²) in [6.45, 7) is 5.55. The van der Waals surface area contributed by atoms with E-state index in [-0.39, 0.29) is 0 Å². The fraction of sp³-hybridized carbons (Fsp3) is 0.632. The number of hydrogen-bond donors (Lipinski definition) is 2. The summed E-state index contributed by atoms with van der Waals surface area (Å²) in [4.78, 5) is 4.32. The highest BCUT2D eigenvalue weighted by molar-refractivity contribution is 5.79. The van der Waals surface area contributed by atoms with Crippen molar-refractivity contribution in [2.45, 2.75) is 32.6 Å². The number of hydrogen-bond acceptors (Lipinski definition) is 3. The smallest absolute Gasteiger partial charge is 0.191 e. The minimum Gasteiger partial charge on any atom is -0.497 e. The molecule has 0 radical (unpaired) electrons. The van der Waals surface area contributed by atoms with Crippen LogP contribution in [0.3, 0.4) is 0 Å². The van der Waals surface area contributed by atoms with Crippen LogP contribution < -0.4 is 15.4 Å². The number of nitrogens with one attached hydrogen (secondary N) is 2. The van der Waals surface area contributed by atoms with Gasteiger partial charge >= 0.3 is 0 Å². The van der Waals surface area contributed by atoms with Gasteiger partial charge in [0, 0.05) is 33.4 Å². The lowest BCUT2D eigenvalue weighted by molar-refractivity contribution is 0.128. The summed E-state index contributed by atoms with van der Waals surface area (Å²) in [6.07, 6.45) is 4.67. The number of methoxy groups -OCH3 is 1. The summed E-state index contributed by atoms with van der Waals surface area (Å²) in [5.74, 6) is 1.78. The van der Waals surface area contributed by atoms with Gasteiger partial charge in [-0.15, -0.1) is 0 Å². The van der Waals surface area contributed by atoms with Gasteiger partial charge in [0.05, 0.1) is 7.11 Å². The van der Waals surface area contributed by atoms with Crippen LogP contribution in [0.5, 0.6) is 5.75 Å². The van der Waals surface area contributed by atoms with Crippen molar-refractivity contribution in [1.29, 1.82) is 0 Å². The number of benzene rings is 1. The molecule has 1 aromatic rings. The Morgan fingerprint density at radius 1 is 1.21 bits per heavy atom. The molecule has 0 saturated heterocycles. The zero-order chi connectivity index (χ0) is 17.3. The van der Waals surface area contributed by atoms with Crippen LogP contribution in [0.15, 0.2) is 29.3 Å². The fourth-order valence-electron chi connectivity index (χ4n) is 2.73. The Bertz CT molecular complexity index is 510. The number of guanidine groups is 1. The number of ether oxygens (including phenoxy) is 2. The molecule has 134 valence electrons. The van der Waals surface area contributed by atoms with Crippen LogP contribution in [0.1, 0.15) is 31.7 Å². The van der Waals surface area contributed by atoms with Crippen molar-refractivity contribution in [2.75, 3.05) is 40.5 Å². The average molecular weight is 333 g/mol. The van der Waals surface area contributed by atoms with Gasteiger partial charge in [0.15, 0.2) is 5.96 Å². The molecule has 0 aromatic heterocycles. The van der Waals surface area contributed by atoms with Gasteiger partial charge in [-0.3, -0.25) is 4.99 Å². The van der Waals surface area contributed by atoms with Crippen LogP contribution in [-0.4, -0.2) is 46.4 Å². The van der Waals surface area contributed by atoms with Gasteiger partial charge in [-0.1, -0.05) is 12.1 Å². The minimum absolute atomic E-state index is 0.419. The van der Waals surface area contributed by atoms with E-state index < -0.39 is 0 Å². The molecule has 2 rings (SSSR count). The van der Waals surface area contributed by atoms with E-state index >= 15 is 0 Å². The van der Waals surface area contributed by atoms with Crippen LogP contribution in [0, 0.1) is 5.41 Å². The van der Waals surface area contributed by atoms with Gasteiger partial charge in [-0.2, -0.15) is 0 Å². The predicted octanol–water partition coefficient (Wildman–Crippen LogP) is 2.61. The molecule has 1 aliphatic carbocycles. The molecular formula is C19H31N3O2. The lowest BCUT2D eigenvalue weighted by atomic mass is 10.0. The van der Waals surface area contributed by atoms with Gasteiger partial charge in [-0.05, 0) is 55.7 Å². The van der Waals surface area contributed by atoms with Crippen molar-refractivity contribution >= 4 is 5.96 Å². The number of aliphatic imine (C=N–C) groups is 1. The second-order valence-electron chi connectivity index (χ2n) is 6.40. The first-order chi connectivity index (χ1) is 11.7. The Labute approximate surface area is 145 Å². The van der Waals surface area contributed by atoms with E-state index in [0.717, 1.165) is 50.9 Å². The third-order valence-electron chi connectivity index (χ3n) is 4.66. The lowest BCUT2D eigenvalue weighted by Crippen LogP contribution is -2.41. The molecule has 24 heavy (non-hydrogen) atoms. The molecule has 0 bridgehead atoms. The molecule has 5 heteroatoms. The summed E-state index contributed by atoms with van der Waals surface area (Å²) in [5.41, 5.74) is 1.71. The van der Waals surface area contributed by atoms with Gasteiger partial charge < -0.3 is 20.1 Å². The van der Waals surface area contributed by atoms with Gasteiger partial charge in [0.2, 0.25) is 0 Å². The number of rotatable bonds is 10. The highest BCUT2D eigenvalue weighted by Crippen LogP contribution is 2.48. The Balaban J connectivity index is 1.67. The maximum atomic E-state index is 5.49. The molecule has 0 spiro atoms. The zero-order valence-electron chi connectivity index (χ0n) is 15.2. The van der Waals surface area contributed by atoms with Crippen LogP contribution in [0.25, 0.3) is 0 Å². The van der Waals surface area contributed by atoms with E-state index in [9.17, 15) is 0 Å². The topological polar surface area (TPSA) is 54.9 Å². The SMILES string of the molecule is CCOCCC1(CNC(=NC)NCCc2ccc(OC)cc2)CC1. The summed E-state index contributed by atoms with van der Waals surface area (Å²) in [5, 5.41) is 6.86. The largest absolute Gasteiger partial charge is 0.497 e. The molecule has 0 heterocycles. The Morgan fingerprint density at radius 2 is 1.96 bits per heavy atom. The Hall–Kier alpha value is -1.75. The zero-order valence-corrected chi connectivity index (χ0v) is 15.2. The quantitative estimate of drug-likeness (QED) is 0.393. The second kappa shape index (κ2) is 9.52. The van der Waals surface area contributed by atoms with Crippen LogP contribution in [0.2, 0.25) is 0 Å². The highest BCUT2D eigenvalue weighted by Gasteiger charge is 2.41. The first-order valence-corrected chi connectivity index (χ1v) is 8.86. The molecule has 0 unspecified atom stereocenters. The van der Waals surface area contributed by atoms with Crippen molar-refractivity contribution in [1.82, 2.24) is 10.6 Å². The van der Waals surface area contributed by atoms with Gasteiger partial charge in [0.1, 0.15) is 5.75 Å². The molecule has 5 nitrogen and oxygen atoms in total. The molecular weight excluding hydrogens is 302 g/mol. The molecule has 1 saturated carbocycles. The third kappa shape index (κ3) is 6.04. The van der Waals surface area contributed by atoms with Crippen molar-refractivity contribution < 1.29 is 9.47 Å². The van der Waals surface area contributed by atoms with E-state index in [1.54, 1.807) is 7.11 Å². The molecule has 0 aliphatic heterocycles. The van der Waals surface area contributed by atoms with Crippen molar-refractivity contribution in [3.63, 3.8) is 0 Å². The third-order valence-corrected chi connectivity index (χ3v) is 4.66. The second-order valence-corrected chi connectivity index (χ2v) is 6.40. The monoisotopic (exact) mass is 333 g/mol. The molecule has 1 aromatic carbocycles. The van der Waals surface area contributed by atoms with E-state index in [4.69, 9.17) is 9.47 Å². The predicted molar refractivity (Wildman–Crippen MR) is 98.8 cm³/mol. The molecule has 2 N–H and O–H groups in total. The highest BCUT2D eigenvalue weighted by atomic mass is 16.5. The van der Waals surface area contributed by atoms with Crippen LogP contribution in [0.4, 0.5) is 0 Å². The van der Waals surface area contributed by atoms with Gasteiger partial charge in [0.25, 0.3) is 0 Å². The molecule has 1 fully saturated rings. The normalized spacial score (nSPS) is 15.9. The molecule has 0 atom stereocenters. The molecule has 1 aliphatic rings. The maximum Gasteiger partial charge on any atom is 0.191 e. The standard InChI is InChI=1S/C19H31N3O2/c1-4-24-14-12-19(10-11-19)15-22-18(20-2)21-13-9-16-5-7-17(23-3)8-6-16/h5-8H,4,9-15H2,1-3H3,(H2,20,21,22). The van der Waals surface area contributed by atoms with Gasteiger partial charge in [-0.25, -0.2) is 0 Å².